The van der Waals surface area contributed by atoms with Crippen LogP contribution in [-0.2, 0) is 60.3 Å². The predicted octanol–water partition coefficient (Wildman–Crippen LogP) is 28.3. The zero-order valence-corrected chi connectivity index (χ0v) is 82.4. The van der Waals surface area contributed by atoms with Gasteiger partial charge in [-0.1, -0.05) is 272 Å². The summed E-state index contributed by atoms with van der Waals surface area (Å²) in [4.78, 5) is 27.8. The quantitative estimate of drug-likeness (QED) is 0.100. The number of nitrogens with zero attached hydrogens (tertiary/aromatic N) is 9. The Morgan fingerprint density at radius 3 is 0.805 bits per heavy atom. The number of fused-ring (bicyclic) bond motifs is 3. The molecular formula is C119H101Ir3N9O2-6. The van der Waals surface area contributed by atoms with Crippen LogP contribution in [0, 0.1) is 30.3 Å². The summed E-state index contributed by atoms with van der Waals surface area (Å²) in [5, 5.41) is 15.2. The maximum absolute atomic E-state index is 8.25. The van der Waals surface area contributed by atoms with E-state index in [9.17, 15) is 0 Å². The van der Waals surface area contributed by atoms with Gasteiger partial charge in [-0.2, -0.15) is 7.11 Å². The molecule has 15 aromatic carbocycles. The summed E-state index contributed by atoms with van der Waals surface area (Å²) in [5.41, 5.74) is 30.3. The molecule has 0 amide bonds. The second-order valence-corrected chi connectivity index (χ2v) is 31.1. The van der Waals surface area contributed by atoms with Crippen molar-refractivity contribution in [1.82, 2.24) is 43.6 Å². The van der Waals surface area contributed by atoms with Crippen LogP contribution in [0.2, 0.25) is 0 Å². The Balaban J connectivity index is 0.000000153. The van der Waals surface area contributed by atoms with Crippen molar-refractivity contribution in [3.63, 3.8) is 0 Å². The van der Waals surface area contributed by atoms with Crippen LogP contribution in [0.5, 0.6) is 0 Å². The maximum atomic E-state index is 8.25. The summed E-state index contributed by atoms with van der Waals surface area (Å²) in [6.45, 7) is 13.4. The number of aliphatic hydroxyl groups is 1. The first-order chi connectivity index (χ1) is 64.1. The number of benzene rings is 15. The molecule has 0 atom stereocenters. The minimum absolute atomic E-state index is 0. The fourth-order valence-corrected chi connectivity index (χ4v) is 15.4. The van der Waals surface area contributed by atoms with E-state index in [-0.39, 0.29) is 60.3 Å². The van der Waals surface area contributed by atoms with Gasteiger partial charge in [0.25, 0.3) is 0 Å². The first kappa shape index (κ1) is 99.6. The van der Waals surface area contributed by atoms with Gasteiger partial charge < -0.3 is 33.9 Å². The fraction of sp³-hybridized carbons (Fsp3) is 0.0924. The van der Waals surface area contributed by atoms with Gasteiger partial charge in [0.2, 0.25) is 0 Å². The molecule has 3 radical (unpaired) electrons. The van der Waals surface area contributed by atoms with Crippen LogP contribution in [0.25, 0.3) is 151 Å². The number of para-hydroxylation sites is 9. The van der Waals surface area contributed by atoms with Crippen molar-refractivity contribution in [3.8, 4) is 118 Å². The summed E-state index contributed by atoms with van der Waals surface area (Å²) in [5.74, 6) is 4.12. The van der Waals surface area contributed by atoms with Crippen molar-refractivity contribution >= 4 is 33.1 Å². The first-order valence-corrected chi connectivity index (χ1v) is 43.6. The molecule has 21 aromatic rings. The first-order valence-electron chi connectivity index (χ1n) is 43.6. The monoisotopic (exact) mass is 2270 g/mol. The molecule has 133 heavy (non-hydrogen) atoms. The molecule has 0 spiro atoms. The second-order valence-electron chi connectivity index (χ2n) is 31.1. The van der Waals surface area contributed by atoms with Gasteiger partial charge in [0.15, 0.2) is 0 Å². The van der Waals surface area contributed by atoms with E-state index in [4.69, 9.17) is 25.2 Å². The number of hydrogen-bond donors (Lipinski definition) is 1. The topological polar surface area (TPSA) is 135 Å². The van der Waals surface area contributed by atoms with Gasteiger partial charge in [-0.3, -0.25) is 19.9 Å². The molecule has 0 aliphatic heterocycles. The number of aliphatic hydroxyl groups excluding tert-OH is 1. The molecule has 1 N–H and O–H groups in total. The van der Waals surface area contributed by atoms with E-state index in [1.807, 2.05) is 188 Å². The van der Waals surface area contributed by atoms with Crippen LogP contribution in [0.4, 0.5) is 0 Å². The van der Waals surface area contributed by atoms with Gasteiger partial charge in [0.05, 0.1) is 56.3 Å². The molecule has 11 nitrogen and oxygen atoms in total. The van der Waals surface area contributed by atoms with E-state index in [0.29, 0.717) is 17.8 Å². The zero-order chi connectivity index (χ0) is 90.2. The molecule has 0 saturated heterocycles. The summed E-state index contributed by atoms with van der Waals surface area (Å²) in [6.07, 6.45) is 5.43. The smallest absolute Gasteiger partial charge is 0.0774 e. The van der Waals surface area contributed by atoms with E-state index in [0.717, 1.165) is 115 Å². The van der Waals surface area contributed by atoms with Crippen LogP contribution in [-0.4, -0.2) is 62.9 Å². The molecule has 0 aliphatic rings. The standard InChI is InChI=1S/3C22H19N2.C17H13N.2C17H12N.CH4O.CH3O.3Ir/c3*1-16(2)18-12-6-8-14-20(18)24-21-15-9-7-13-19(21)23-22(24)17-10-4-3-5-11-17;3*1-2-7-14(8-3-1)15-9-6-10-16(13-15)17-11-4-5-12-18-17;2*1-2;;;/h3*3-10,12-16H,1-2H3;1-13H;2*1-9,11-13H;2H,1H3;1H3;;;/q3*-1;;2*-1;;-1;;;. The molecule has 6 heterocycles. The molecule has 0 saturated carbocycles. The second kappa shape index (κ2) is 51.0. The maximum Gasteiger partial charge on any atom is 0.0774 e. The van der Waals surface area contributed by atoms with Crippen molar-refractivity contribution in [2.75, 3.05) is 14.2 Å². The molecule has 0 bridgehead atoms. The summed E-state index contributed by atoms with van der Waals surface area (Å²) in [6, 6.07) is 161. The summed E-state index contributed by atoms with van der Waals surface area (Å²) < 4.78 is 6.78. The SMILES string of the molecule is CC(C)c1ccccc1-n1c(-c2[c-]cccc2)nc2ccccc21.CC(C)c1ccccc1-n1c(-c2[c-]cccc2)nc2ccccc21.CC(C)c1ccccc1-n1c(-c2[c-]cccc2)nc2ccccc21.CO.C[O-].[Ir].[Ir].[Ir].[c-]1ccc(-c2ccccc2)cc1-c1ccccn1.[c-]1ccc(-c2ccccc2)cc1-c1ccccn1.c1ccc(-c2cccc(-c3ccccn3)c2)cc1. The average molecular weight is 2270 g/mol. The van der Waals surface area contributed by atoms with Crippen LogP contribution in [0.1, 0.15) is 76.0 Å². The van der Waals surface area contributed by atoms with Gasteiger partial charge in [-0.25, -0.2) is 0 Å². The van der Waals surface area contributed by atoms with Gasteiger partial charge in [0, 0.05) is 109 Å². The van der Waals surface area contributed by atoms with Crippen molar-refractivity contribution in [1.29, 1.82) is 0 Å². The Hall–Kier alpha value is -14.0. The van der Waals surface area contributed by atoms with Crippen LogP contribution in [0.15, 0.2) is 443 Å². The number of rotatable bonds is 15. The summed E-state index contributed by atoms with van der Waals surface area (Å²) >= 11 is 0. The Morgan fingerprint density at radius 1 is 0.233 bits per heavy atom. The van der Waals surface area contributed by atoms with E-state index < -0.39 is 0 Å². The molecule has 0 unspecified atom stereocenters. The third-order valence-electron chi connectivity index (χ3n) is 21.6. The molecule has 14 heteroatoms. The molecule has 0 aliphatic carbocycles. The van der Waals surface area contributed by atoms with E-state index >= 15 is 0 Å². The Bertz CT molecular complexity index is 6210. The van der Waals surface area contributed by atoms with Gasteiger partial charge >= 0.3 is 0 Å². The molecular weight excluding hydrogens is 2160 g/mol. The molecule has 21 rings (SSSR count). The van der Waals surface area contributed by atoms with Crippen molar-refractivity contribution in [3.05, 3.63) is 490 Å². The summed E-state index contributed by atoms with van der Waals surface area (Å²) in [7, 11) is 1.75. The number of hydrogen-bond acceptors (Lipinski definition) is 8. The van der Waals surface area contributed by atoms with Crippen LogP contribution in [0.3, 0.4) is 0 Å². The normalized spacial score (nSPS) is 10.4. The van der Waals surface area contributed by atoms with Crippen LogP contribution < -0.4 is 5.11 Å². The van der Waals surface area contributed by atoms with Crippen molar-refractivity contribution in [2.45, 2.75) is 59.3 Å². The minimum Gasteiger partial charge on any atom is -0.857 e. The van der Waals surface area contributed by atoms with Crippen LogP contribution >= 0.6 is 0 Å². The van der Waals surface area contributed by atoms with E-state index in [1.54, 1.807) is 12.4 Å². The van der Waals surface area contributed by atoms with Gasteiger partial charge in [0.1, 0.15) is 0 Å². The van der Waals surface area contributed by atoms with E-state index in [1.165, 1.54) is 67.1 Å². The molecule has 667 valence electrons. The minimum atomic E-state index is 0. The third kappa shape index (κ3) is 25.4. The Labute approximate surface area is 822 Å². The average Bonchev–Trinajstić information content (AvgIpc) is 1.63. The van der Waals surface area contributed by atoms with E-state index in [2.05, 4.69) is 343 Å². The molecule has 6 aromatic heterocycles. The number of pyridine rings is 3. The van der Waals surface area contributed by atoms with Gasteiger partial charge in [-0.05, 0) is 153 Å². The third-order valence-corrected chi connectivity index (χ3v) is 21.6. The zero-order valence-electron chi connectivity index (χ0n) is 75.3. The number of aromatic nitrogens is 9. The van der Waals surface area contributed by atoms with Gasteiger partial charge in [-0.15, -0.1) is 178 Å². The molecule has 0 fully saturated rings. The largest absolute Gasteiger partial charge is 0.857 e. The van der Waals surface area contributed by atoms with Crippen molar-refractivity contribution in [2.24, 2.45) is 0 Å². The van der Waals surface area contributed by atoms with Crippen molar-refractivity contribution < 1.29 is 70.5 Å². The Morgan fingerprint density at radius 2 is 0.496 bits per heavy atom. The fourth-order valence-electron chi connectivity index (χ4n) is 15.4. The predicted molar refractivity (Wildman–Crippen MR) is 535 cm³/mol. The Kier molecular flexibility index (Phi) is 38.2. The number of imidazole rings is 3.